The molecule has 0 aliphatic heterocycles. The summed E-state index contributed by atoms with van der Waals surface area (Å²) in [6.07, 6.45) is 4.79. The fourth-order valence-corrected chi connectivity index (χ4v) is 3.06. The minimum Gasteiger partial charge on any atom is -0.493 e. The lowest BCUT2D eigenvalue weighted by Gasteiger charge is -2.17. The summed E-state index contributed by atoms with van der Waals surface area (Å²) in [4.78, 5) is 12.5. The number of nitrogens with one attached hydrogen (secondary N) is 1. The summed E-state index contributed by atoms with van der Waals surface area (Å²) < 4.78 is 11.5. The average Bonchev–Trinajstić information content (AvgIpc) is 3.08. The molecule has 1 saturated carbocycles. The van der Waals surface area contributed by atoms with E-state index in [1.165, 1.54) is 12.8 Å². The zero-order valence-corrected chi connectivity index (χ0v) is 14.2. The van der Waals surface area contributed by atoms with Crippen LogP contribution in [0.15, 0.2) is 42.5 Å². The molecular weight excluding hydrogens is 302 g/mol. The third-order valence-electron chi connectivity index (χ3n) is 4.41. The Labute approximate surface area is 142 Å². The highest BCUT2D eigenvalue weighted by Gasteiger charge is 2.19. The van der Waals surface area contributed by atoms with Crippen LogP contribution in [-0.2, 0) is 0 Å². The predicted octanol–water partition coefficient (Wildman–Crippen LogP) is 4.58. The number of methoxy groups -OCH3 is 1. The molecule has 126 valence electrons. The molecule has 0 unspecified atom stereocenters. The van der Waals surface area contributed by atoms with Crippen LogP contribution in [0.4, 0.5) is 5.69 Å². The SMILES string of the molecule is COc1ccc(NC(=O)c2ccccc2C)cc1OC1CCCC1. The Morgan fingerprint density at radius 2 is 1.83 bits per heavy atom. The van der Waals surface area contributed by atoms with Gasteiger partial charge in [-0.25, -0.2) is 0 Å². The van der Waals surface area contributed by atoms with Crippen molar-refractivity contribution in [2.24, 2.45) is 0 Å². The number of carbonyl (C=O) groups is 1. The summed E-state index contributed by atoms with van der Waals surface area (Å²) in [5.41, 5.74) is 2.33. The molecule has 0 spiro atoms. The van der Waals surface area contributed by atoms with Gasteiger partial charge in [0.25, 0.3) is 5.91 Å². The van der Waals surface area contributed by atoms with Crippen LogP contribution < -0.4 is 14.8 Å². The standard InChI is InChI=1S/C20H23NO3/c1-14-7-3-6-10-17(14)20(22)21-15-11-12-18(23-2)19(13-15)24-16-8-4-5-9-16/h3,6-7,10-13,16H,4-5,8-9H2,1-2H3,(H,21,22). The van der Waals surface area contributed by atoms with E-state index in [9.17, 15) is 4.79 Å². The van der Waals surface area contributed by atoms with E-state index < -0.39 is 0 Å². The highest BCUT2D eigenvalue weighted by molar-refractivity contribution is 6.05. The number of aryl methyl sites for hydroxylation is 1. The second-order valence-electron chi connectivity index (χ2n) is 6.16. The van der Waals surface area contributed by atoms with Crippen molar-refractivity contribution in [2.75, 3.05) is 12.4 Å². The molecule has 2 aromatic carbocycles. The number of hydrogen-bond acceptors (Lipinski definition) is 3. The van der Waals surface area contributed by atoms with Gasteiger partial charge >= 0.3 is 0 Å². The summed E-state index contributed by atoms with van der Waals surface area (Å²) in [6, 6.07) is 13.0. The van der Waals surface area contributed by atoms with Gasteiger partial charge in [-0.2, -0.15) is 0 Å². The molecule has 0 bridgehead atoms. The molecule has 24 heavy (non-hydrogen) atoms. The summed E-state index contributed by atoms with van der Waals surface area (Å²) in [6.45, 7) is 1.93. The normalized spacial score (nSPS) is 14.4. The van der Waals surface area contributed by atoms with Gasteiger partial charge < -0.3 is 14.8 Å². The molecule has 0 heterocycles. The quantitative estimate of drug-likeness (QED) is 0.875. The van der Waals surface area contributed by atoms with Crippen molar-refractivity contribution >= 4 is 11.6 Å². The molecule has 3 rings (SSSR count). The summed E-state index contributed by atoms with van der Waals surface area (Å²) in [5, 5.41) is 2.94. The fourth-order valence-electron chi connectivity index (χ4n) is 3.06. The first-order valence-corrected chi connectivity index (χ1v) is 8.39. The van der Waals surface area contributed by atoms with Crippen molar-refractivity contribution in [1.82, 2.24) is 0 Å². The number of carbonyl (C=O) groups excluding carboxylic acids is 1. The van der Waals surface area contributed by atoms with Crippen LogP contribution in [0.1, 0.15) is 41.6 Å². The number of amides is 1. The van der Waals surface area contributed by atoms with Crippen molar-refractivity contribution in [1.29, 1.82) is 0 Å². The van der Waals surface area contributed by atoms with E-state index in [2.05, 4.69) is 5.32 Å². The van der Waals surface area contributed by atoms with Crippen LogP contribution in [-0.4, -0.2) is 19.1 Å². The van der Waals surface area contributed by atoms with Crippen LogP contribution in [0.2, 0.25) is 0 Å². The van der Waals surface area contributed by atoms with Gasteiger partial charge in [-0.3, -0.25) is 4.79 Å². The van der Waals surface area contributed by atoms with Gasteiger partial charge in [0, 0.05) is 17.3 Å². The lowest BCUT2D eigenvalue weighted by Crippen LogP contribution is -2.14. The molecule has 1 amide bonds. The Bertz CT molecular complexity index is 721. The highest BCUT2D eigenvalue weighted by Crippen LogP contribution is 2.34. The van der Waals surface area contributed by atoms with Crippen molar-refractivity contribution in [2.45, 2.75) is 38.7 Å². The van der Waals surface area contributed by atoms with E-state index in [0.717, 1.165) is 18.4 Å². The number of anilines is 1. The number of hydrogen-bond donors (Lipinski definition) is 1. The van der Waals surface area contributed by atoms with Crippen molar-refractivity contribution < 1.29 is 14.3 Å². The lowest BCUT2D eigenvalue weighted by molar-refractivity contribution is 0.102. The molecule has 1 N–H and O–H groups in total. The second kappa shape index (κ2) is 7.39. The Kier molecular flexibility index (Phi) is 5.04. The minimum absolute atomic E-state index is 0.120. The maximum atomic E-state index is 12.5. The topological polar surface area (TPSA) is 47.6 Å². The predicted molar refractivity (Wildman–Crippen MR) is 95.0 cm³/mol. The zero-order chi connectivity index (χ0) is 16.9. The molecule has 1 aliphatic rings. The molecule has 2 aromatic rings. The van der Waals surface area contributed by atoms with Crippen LogP contribution in [0.3, 0.4) is 0 Å². The first-order valence-electron chi connectivity index (χ1n) is 8.39. The van der Waals surface area contributed by atoms with Gasteiger partial charge in [0.1, 0.15) is 0 Å². The summed E-state index contributed by atoms with van der Waals surface area (Å²) in [7, 11) is 1.63. The molecular formula is C20H23NO3. The molecule has 0 saturated heterocycles. The Morgan fingerprint density at radius 3 is 2.54 bits per heavy atom. The van der Waals surface area contributed by atoms with E-state index in [-0.39, 0.29) is 12.0 Å². The number of ether oxygens (including phenoxy) is 2. The molecule has 1 aliphatic carbocycles. The summed E-state index contributed by atoms with van der Waals surface area (Å²) >= 11 is 0. The van der Waals surface area contributed by atoms with Crippen molar-refractivity contribution in [3.05, 3.63) is 53.6 Å². The fraction of sp³-hybridized carbons (Fsp3) is 0.350. The largest absolute Gasteiger partial charge is 0.493 e. The lowest BCUT2D eigenvalue weighted by atomic mass is 10.1. The maximum absolute atomic E-state index is 12.5. The summed E-state index contributed by atoms with van der Waals surface area (Å²) in [5.74, 6) is 1.26. The van der Waals surface area contributed by atoms with Gasteiger partial charge in [-0.1, -0.05) is 18.2 Å². The minimum atomic E-state index is -0.120. The van der Waals surface area contributed by atoms with E-state index >= 15 is 0 Å². The second-order valence-corrected chi connectivity index (χ2v) is 6.16. The number of benzene rings is 2. The first kappa shape index (κ1) is 16.4. The third kappa shape index (κ3) is 3.70. The van der Waals surface area contributed by atoms with Gasteiger partial charge in [0.15, 0.2) is 11.5 Å². The maximum Gasteiger partial charge on any atom is 0.255 e. The van der Waals surface area contributed by atoms with E-state index in [4.69, 9.17) is 9.47 Å². The van der Waals surface area contributed by atoms with E-state index in [0.29, 0.717) is 22.7 Å². The van der Waals surface area contributed by atoms with Gasteiger partial charge in [0.05, 0.1) is 13.2 Å². The van der Waals surface area contributed by atoms with Crippen LogP contribution >= 0.6 is 0 Å². The molecule has 0 atom stereocenters. The molecule has 0 radical (unpaired) electrons. The highest BCUT2D eigenvalue weighted by atomic mass is 16.5. The number of rotatable bonds is 5. The molecule has 4 heteroatoms. The van der Waals surface area contributed by atoms with Crippen molar-refractivity contribution in [3.8, 4) is 11.5 Å². The van der Waals surface area contributed by atoms with Crippen LogP contribution in [0.25, 0.3) is 0 Å². The smallest absolute Gasteiger partial charge is 0.255 e. The van der Waals surface area contributed by atoms with Gasteiger partial charge in [0.2, 0.25) is 0 Å². The van der Waals surface area contributed by atoms with Gasteiger partial charge in [-0.15, -0.1) is 0 Å². The monoisotopic (exact) mass is 325 g/mol. The van der Waals surface area contributed by atoms with Crippen molar-refractivity contribution in [3.63, 3.8) is 0 Å². The van der Waals surface area contributed by atoms with Gasteiger partial charge in [-0.05, 0) is 56.4 Å². The Morgan fingerprint density at radius 1 is 1.08 bits per heavy atom. The Hall–Kier alpha value is -2.49. The van der Waals surface area contributed by atoms with Crippen LogP contribution in [0.5, 0.6) is 11.5 Å². The molecule has 4 nitrogen and oxygen atoms in total. The molecule has 1 fully saturated rings. The third-order valence-corrected chi connectivity index (χ3v) is 4.41. The zero-order valence-electron chi connectivity index (χ0n) is 14.2. The first-order chi connectivity index (χ1) is 11.7. The average molecular weight is 325 g/mol. The van der Waals surface area contributed by atoms with E-state index in [1.54, 1.807) is 7.11 Å². The van der Waals surface area contributed by atoms with E-state index in [1.807, 2.05) is 49.4 Å². The van der Waals surface area contributed by atoms with Crippen LogP contribution in [0, 0.1) is 6.92 Å². The Balaban J connectivity index is 1.78. The molecule has 0 aromatic heterocycles.